The average molecular weight is 158 g/mol. The van der Waals surface area contributed by atoms with Crippen LogP contribution in [0.25, 0.3) is 0 Å². The molecular weight excluding hydrogens is 139 g/mol. The molecule has 0 aromatic carbocycles. The first-order chi connectivity index (χ1) is 4.18. The Morgan fingerprint density at radius 1 is 1.50 bits per heavy atom. The van der Waals surface area contributed by atoms with Gasteiger partial charge in [0.15, 0.2) is 17.4 Å². The fourth-order valence-corrected chi connectivity index (χ4v) is 0.714. The highest BCUT2D eigenvalue weighted by Gasteiger charge is 2.04. The summed E-state index contributed by atoms with van der Waals surface area (Å²) in [6.45, 7) is 5.81. The zero-order valence-corrected chi connectivity index (χ0v) is 6.61. The van der Waals surface area contributed by atoms with E-state index in [1.54, 1.807) is 6.92 Å². The van der Waals surface area contributed by atoms with E-state index in [0.29, 0.717) is 5.78 Å². The summed E-state index contributed by atoms with van der Waals surface area (Å²) in [4.78, 5) is 10.6. The maximum Gasteiger partial charge on any atom is 0.187 e. The van der Waals surface area contributed by atoms with Crippen molar-refractivity contribution in [1.82, 2.24) is 0 Å². The molecule has 0 saturated carbocycles. The van der Waals surface area contributed by atoms with Crippen LogP contribution in [0.4, 0.5) is 0 Å². The smallest absolute Gasteiger partial charge is 0.187 e. The van der Waals surface area contributed by atoms with E-state index in [-0.39, 0.29) is 23.3 Å². The van der Waals surface area contributed by atoms with E-state index in [9.17, 15) is 4.79 Å². The molecule has 0 aliphatic carbocycles. The molecule has 0 fully saturated rings. The summed E-state index contributed by atoms with van der Waals surface area (Å²) in [7, 11) is 0. The van der Waals surface area contributed by atoms with Crippen LogP contribution in [-0.2, 0) is 4.79 Å². The maximum absolute atomic E-state index is 10.6. The molecule has 0 spiro atoms. The van der Waals surface area contributed by atoms with Crippen molar-refractivity contribution in [2.24, 2.45) is 5.92 Å². The van der Waals surface area contributed by atoms with Crippen molar-refractivity contribution in [3.8, 4) is 0 Å². The Kier molecular flexibility index (Phi) is 9.39. The van der Waals surface area contributed by atoms with Gasteiger partial charge in [-0.25, -0.2) is 0 Å². The molecule has 0 amide bonds. The number of hydrogen-bond acceptors (Lipinski definition) is 1. The number of unbranched alkanes of at least 4 members (excludes halogenated alkanes) is 1. The molecule has 0 aromatic rings. The quantitative estimate of drug-likeness (QED) is 0.562. The van der Waals surface area contributed by atoms with Crippen molar-refractivity contribution in [2.45, 2.75) is 40.0 Å². The van der Waals surface area contributed by atoms with Crippen LogP contribution < -0.4 is 0 Å². The first-order valence-corrected chi connectivity index (χ1v) is 3.69. The lowest BCUT2D eigenvalue weighted by Crippen LogP contribution is -2.05. The summed E-state index contributed by atoms with van der Waals surface area (Å²) in [5.41, 5.74) is 0. The highest BCUT2D eigenvalue weighted by Crippen LogP contribution is 2.07. The monoisotopic (exact) mass is 158 g/mol. The zero-order valence-electron chi connectivity index (χ0n) is 6.61. The Morgan fingerprint density at radius 3 is 2.30 bits per heavy atom. The van der Waals surface area contributed by atoms with E-state index in [2.05, 4.69) is 6.92 Å². The second kappa shape index (κ2) is 7.31. The zero-order chi connectivity index (χ0) is 7.28. The minimum atomic E-state index is 0. The molecule has 1 atom stereocenters. The largest absolute Gasteiger partial charge is 0.300 e. The van der Waals surface area contributed by atoms with Gasteiger partial charge in [0.25, 0.3) is 0 Å². The molecule has 2 heteroatoms. The first-order valence-electron chi connectivity index (χ1n) is 3.69. The summed E-state index contributed by atoms with van der Waals surface area (Å²) in [6.07, 6.45) is 3.43. The van der Waals surface area contributed by atoms with Crippen LogP contribution >= 0.6 is 0 Å². The molecular formula is C8H19AlO. The second-order valence-corrected chi connectivity index (χ2v) is 2.65. The van der Waals surface area contributed by atoms with Gasteiger partial charge in [-0.2, -0.15) is 0 Å². The fraction of sp³-hybridized carbons (Fsp3) is 0.875. The Bertz CT molecular complexity index is 91.3. The number of carbonyl (C=O) groups excluding carboxylic acids is 1. The van der Waals surface area contributed by atoms with Crippen LogP contribution in [0.1, 0.15) is 40.0 Å². The topological polar surface area (TPSA) is 17.1 Å². The van der Waals surface area contributed by atoms with Gasteiger partial charge in [0.05, 0.1) is 0 Å². The summed E-state index contributed by atoms with van der Waals surface area (Å²) in [5.74, 6) is 0.605. The third-order valence-electron chi connectivity index (χ3n) is 1.68. The molecule has 60 valence electrons. The molecule has 0 aliphatic rings. The van der Waals surface area contributed by atoms with Crippen molar-refractivity contribution < 1.29 is 4.79 Å². The number of hydrogen-bond donors (Lipinski definition) is 0. The van der Waals surface area contributed by atoms with Crippen molar-refractivity contribution in [3.63, 3.8) is 0 Å². The number of carbonyl (C=O) groups is 1. The molecule has 10 heavy (non-hydrogen) atoms. The van der Waals surface area contributed by atoms with Crippen molar-refractivity contribution in [2.75, 3.05) is 0 Å². The molecule has 0 rings (SSSR count). The Morgan fingerprint density at radius 2 is 2.00 bits per heavy atom. The normalized spacial score (nSPS) is 11.9. The molecule has 0 N–H and O–H groups in total. The lowest BCUT2D eigenvalue weighted by Gasteiger charge is -2.03. The van der Waals surface area contributed by atoms with Crippen LogP contribution in [0.2, 0.25) is 0 Å². The minimum Gasteiger partial charge on any atom is -0.300 e. The number of rotatable bonds is 4. The molecule has 0 bridgehead atoms. The fourth-order valence-electron chi connectivity index (χ4n) is 0.714. The van der Waals surface area contributed by atoms with E-state index in [0.717, 1.165) is 6.42 Å². The van der Waals surface area contributed by atoms with Crippen LogP contribution in [-0.4, -0.2) is 23.1 Å². The van der Waals surface area contributed by atoms with Gasteiger partial charge in [0.1, 0.15) is 5.78 Å². The SMILES string of the molecule is CCCCC(C)C(C)=O.[AlH3]. The predicted molar refractivity (Wildman–Crippen MR) is 49.3 cm³/mol. The highest BCUT2D eigenvalue weighted by molar-refractivity contribution is 5.77. The second-order valence-electron chi connectivity index (χ2n) is 2.65. The van der Waals surface area contributed by atoms with Gasteiger partial charge >= 0.3 is 0 Å². The standard InChI is InChI=1S/C8H16O.Al.3H/c1-4-5-6-7(2)8(3)9;;;;/h7H,4-6H2,1-3H3;;;;. The Hall–Kier alpha value is 0.202. The third kappa shape index (κ3) is 6.32. The van der Waals surface area contributed by atoms with Crippen LogP contribution in [0.5, 0.6) is 0 Å². The first kappa shape index (κ1) is 12.8. The number of Topliss-reactive ketones (excluding diaryl/α,β-unsaturated/α-hetero) is 1. The molecule has 0 aromatic heterocycles. The van der Waals surface area contributed by atoms with Gasteiger partial charge in [-0.3, -0.25) is 4.79 Å². The van der Waals surface area contributed by atoms with E-state index in [1.807, 2.05) is 6.92 Å². The van der Waals surface area contributed by atoms with E-state index in [1.165, 1.54) is 12.8 Å². The van der Waals surface area contributed by atoms with Gasteiger partial charge < -0.3 is 0 Å². The molecule has 0 aliphatic heterocycles. The maximum atomic E-state index is 10.6. The van der Waals surface area contributed by atoms with Crippen LogP contribution in [0.3, 0.4) is 0 Å². The van der Waals surface area contributed by atoms with Crippen LogP contribution in [0.15, 0.2) is 0 Å². The number of ketones is 1. The third-order valence-corrected chi connectivity index (χ3v) is 1.68. The van der Waals surface area contributed by atoms with Gasteiger partial charge in [0, 0.05) is 5.92 Å². The summed E-state index contributed by atoms with van der Waals surface area (Å²) in [5, 5.41) is 0. The predicted octanol–water partition coefficient (Wildman–Crippen LogP) is 1.22. The molecule has 1 nitrogen and oxygen atoms in total. The highest BCUT2D eigenvalue weighted by atomic mass is 27.0. The molecule has 1 unspecified atom stereocenters. The Balaban J connectivity index is 0. The molecule has 0 saturated heterocycles. The van der Waals surface area contributed by atoms with Gasteiger partial charge in [0.2, 0.25) is 0 Å². The lowest BCUT2D eigenvalue weighted by atomic mass is 10.0. The van der Waals surface area contributed by atoms with Crippen molar-refractivity contribution >= 4 is 23.1 Å². The molecule has 0 radical (unpaired) electrons. The van der Waals surface area contributed by atoms with E-state index < -0.39 is 0 Å². The Labute approximate surface area is 74.3 Å². The lowest BCUT2D eigenvalue weighted by molar-refractivity contribution is -0.120. The average Bonchev–Trinajstić information content (AvgIpc) is 1.82. The van der Waals surface area contributed by atoms with E-state index in [4.69, 9.17) is 0 Å². The van der Waals surface area contributed by atoms with Gasteiger partial charge in [-0.15, -0.1) is 0 Å². The van der Waals surface area contributed by atoms with Crippen LogP contribution in [0, 0.1) is 5.92 Å². The summed E-state index contributed by atoms with van der Waals surface area (Å²) < 4.78 is 0. The van der Waals surface area contributed by atoms with Gasteiger partial charge in [-0.05, 0) is 13.3 Å². The van der Waals surface area contributed by atoms with E-state index >= 15 is 0 Å². The minimum absolute atomic E-state index is 0. The molecule has 0 heterocycles. The summed E-state index contributed by atoms with van der Waals surface area (Å²) >= 11 is 0. The summed E-state index contributed by atoms with van der Waals surface area (Å²) in [6, 6.07) is 0. The van der Waals surface area contributed by atoms with Crippen molar-refractivity contribution in [1.29, 1.82) is 0 Å². The van der Waals surface area contributed by atoms with Gasteiger partial charge in [-0.1, -0.05) is 26.7 Å². The van der Waals surface area contributed by atoms with Crippen molar-refractivity contribution in [3.05, 3.63) is 0 Å².